The number of benzene rings is 2. The van der Waals surface area contributed by atoms with Gasteiger partial charge in [0, 0.05) is 48.2 Å². The van der Waals surface area contributed by atoms with Crippen LogP contribution in [0.5, 0.6) is 0 Å². The molecule has 0 unspecified atom stereocenters. The molecule has 12 heteroatoms. The molecule has 0 bridgehead atoms. The summed E-state index contributed by atoms with van der Waals surface area (Å²) in [6.45, 7) is 0.204. The number of hydrogen-bond acceptors (Lipinski definition) is 9. The average Bonchev–Trinajstić information content (AvgIpc) is 3.42. The van der Waals surface area contributed by atoms with Crippen LogP contribution in [-0.4, -0.2) is 50.5 Å². The third-order valence-electron chi connectivity index (χ3n) is 7.02. The summed E-state index contributed by atoms with van der Waals surface area (Å²) in [5.74, 6) is -2.88. The molecule has 200 valence electrons. The van der Waals surface area contributed by atoms with Crippen molar-refractivity contribution in [2.24, 2.45) is 0 Å². The van der Waals surface area contributed by atoms with E-state index in [-0.39, 0.29) is 71.2 Å². The molecule has 0 saturated carbocycles. The van der Waals surface area contributed by atoms with Crippen LogP contribution in [0.25, 0.3) is 22.5 Å². The van der Waals surface area contributed by atoms with E-state index in [4.69, 9.17) is 16.9 Å². The number of piperidine rings is 1. The Morgan fingerprint density at radius 2 is 1.17 bits per heavy atom. The molecule has 3 heterocycles. The van der Waals surface area contributed by atoms with Crippen molar-refractivity contribution in [1.82, 2.24) is 19.9 Å². The first-order valence-electron chi connectivity index (χ1n) is 12.4. The molecule has 7 rings (SSSR count). The number of nitriles is 2. The smallest absolute Gasteiger partial charge is 0.251 e. The van der Waals surface area contributed by atoms with Gasteiger partial charge >= 0.3 is 0 Å². The zero-order valence-corrected chi connectivity index (χ0v) is 21.8. The summed E-state index contributed by atoms with van der Waals surface area (Å²) in [7, 11) is 0. The van der Waals surface area contributed by atoms with Crippen LogP contribution in [0.1, 0.15) is 56.3 Å². The highest BCUT2D eigenvalue weighted by molar-refractivity contribution is 6.31. The van der Waals surface area contributed by atoms with Crippen molar-refractivity contribution in [2.75, 3.05) is 18.0 Å². The number of ketones is 2. The third kappa shape index (κ3) is 4.37. The summed E-state index contributed by atoms with van der Waals surface area (Å²) < 4.78 is 26.7. The number of halogens is 3. The molecule has 0 atom stereocenters. The number of aromatic nitrogens is 4. The normalized spacial score (nSPS) is 15.5. The summed E-state index contributed by atoms with van der Waals surface area (Å²) in [5.41, 5.74) is 3.63. The van der Waals surface area contributed by atoms with E-state index in [9.17, 15) is 23.6 Å². The number of hydrogen-bond donors (Lipinski definition) is 0. The van der Waals surface area contributed by atoms with E-state index in [1.54, 1.807) is 47.4 Å². The van der Waals surface area contributed by atoms with E-state index in [0.717, 1.165) is 0 Å². The van der Waals surface area contributed by atoms with Crippen LogP contribution in [0.15, 0.2) is 48.5 Å². The van der Waals surface area contributed by atoms with Gasteiger partial charge in [0.25, 0.3) is 5.92 Å². The van der Waals surface area contributed by atoms with Crippen molar-refractivity contribution in [2.45, 2.75) is 18.8 Å². The van der Waals surface area contributed by atoms with Crippen LogP contribution >= 0.6 is 11.6 Å². The third-order valence-corrected chi connectivity index (χ3v) is 7.28. The quantitative estimate of drug-likeness (QED) is 0.268. The summed E-state index contributed by atoms with van der Waals surface area (Å²) in [6, 6.07) is 17.8. The van der Waals surface area contributed by atoms with Crippen molar-refractivity contribution in [3.8, 4) is 34.7 Å². The maximum atomic E-state index is 13.4. The Balaban J connectivity index is 0.000000156. The number of anilines is 1. The molecular formula is C29H16ClF2N7O2. The fourth-order valence-corrected chi connectivity index (χ4v) is 5.15. The molecule has 2 aliphatic carbocycles. The lowest BCUT2D eigenvalue weighted by atomic mass is 10.1. The molecule has 3 aliphatic rings. The van der Waals surface area contributed by atoms with Crippen LogP contribution in [0.3, 0.4) is 0 Å². The number of nitrogens with zero attached hydrogens (tertiary/aromatic N) is 7. The van der Waals surface area contributed by atoms with E-state index in [0.29, 0.717) is 33.6 Å². The lowest BCUT2D eigenvalue weighted by Crippen LogP contribution is -2.40. The molecule has 1 aliphatic heterocycles. The fourth-order valence-electron chi connectivity index (χ4n) is 4.98. The average molecular weight is 568 g/mol. The Bertz CT molecular complexity index is 1870. The molecule has 9 nitrogen and oxygen atoms in total. The van der Waals surface area contributed by atoms with Crippen molar-refractivity contribution in [3.05, 3.63) is 87.6 Å². The maximum Gasteiger partial charge on any atom is 0.251 e. The van der Waals surface area contributed by atoms with Crippen molar-refractivity contribution in [1.29, 1.82) is 10.5 Å². The Labute approximate surface area is 236 Å². The highest BCUT2D eigenvalue weighted by Gasteiger charge is 2.37. The Morgan fingerprint density at radius 3 is 1.68 bits per heavy atom. The van der Waals surface area contributed by atoms with E-state index < -0.39 is 5.92 Å². The molecule has 1 fully saturated rings. The predicted molar refractivity (Wildman–Crippen MR) is 143 cm³/mol. The predicted octanol–water partition coefficient (Wildman–Crippen LogP) is 5.01. The zero-order chi connectivity index (χ0) is 28.9. The highest BCUT2D eigenvalue weighted by Crippen LogP contribution is 2.38. The van der Waals surface area contributed by atoms with Gasteiger partial charge in [0.05, 0.1) is 0 Å². The Hall–Kier alpha value is -5.13. The highest BCUT2D eigenvalue weighted by atomic mass is 35.5. The second kappa shape index (κ2) is 9.81. The zero-order valence-electron chi connectivity index (χ0n) is 21.0. The summed E-state index contributed by atoms with van der Waals surface area (Å²) in [4.78, 5) is 42.7. The summed E-state index contributed by atoms with van der Waals surface area (Å²) >= 11 is 5.81. The first-order chi connectivity index (χ1) is 19.7. The van der Waals surface area contributed by atoms with Crippen LogP contribution in [0.4, 0.5) is 14.6 Å². The van der Waals surface area contributed by atoms with Crippen LogP contribution in [0.2, 0.25) is 5.15 Å². The van der Waals surface area contributed by atoms with Crippen LogP contribution in [-0.2, 0) is 0 Å². The van der Waals surface area contributed by atoms with Gasteiger partial charge in [-0.05, 0) is 0 Å². The van der Waals surface area contributed by atoms with E-state index >= 15 is 0 Å². The molecule has 0 N–H and O–H groups in total. The summed E-state index contributed by atoms with van der Waals surface area (Å²) in [6.07, 6.45) is -0.571. The largest absolute Gasteiger partial charge is 0.354 e. The molecule has 0 spiro atoms. The summed E-state index contributed by atoms with van der Waals surface area (Å²) in [5, 5.41) is 18.2. The SMILES string of the molecule is N#Cc1nc2c(nc1Cl)-c1ccccc1C2=O.N#Cc1nc2c(nc1N1CCC(F)(F)CC1)-c1ccccc1C2=O. The van der Waals surface area contributed by atoms with Gasteiger partial charge in [0.2, 0.25) is 11.6 Å². The van der Waals surface area contributed by atoms with E-state index in [1.807, 2.05) is 18.2 Å². The number of fused-ring (bicyclic) bond motifs is 6. The molecule has 41 heavy (non-hydrogen) atoms. The molecule has 2 aromatic carbocycles. The van der Waals surface area contributed by atoms with Crippen molar-refractivity contribution in [3.63, 3.8) is 0 Å². The van der Waals surface area contributed by atoms with Crippen LogP contribution < -0.4 is 4.90 Å². The topological polar surface area (TPSA) is 137 Å². The lowest BCUT2D eigenvalue weighted by molar-refractivity contribution is -0.0221. The minimum Gasteiger partial charge on any atom is -0.354 e. The van der Waals surface area contributed by atoms with Gasteiger partial charge in [-0.15, -0.1) is 0 Å². The van der Waals surface area contributed by atoms with Crippen LogP contribution in [0, 0.1) is 22.7 Å². The van der Waals surface area contributed by atoms with Gasteiger partial charge in [-0.1, -0.05) is 60.1 Å². The van der Waals surface area contributed by atoms with Gasteiger partial charge in [0.15, 0.2) is 22.4 Å². The number of rotatable bonds is 1. The monoisotopic (exact) mass is 567 g/mol. The van der Waals surface area contributed by atoms with Gasteiger partial charge in [-0.25, -0.2) is 28.7 Å². The minimum absolute atomic E-state index is 0.000113. The first kappa shape index (κ1) is 26.1. The Morgan fingerprint density at radius 1 is 0.707 bits per heavy atom. The van der Waals surface area contributed by atoms with Crippen molar-refractivity contribution >= 4 is 29.0 Å². The minimum atomic E-state index is -2.68. The first-order valence-corrected chi connectivity index (χ1v) is 12.8. The Kier molecular flexibility index (Phi) is 6.24. The molecule has 4 aromatic rings. The fraction of sp³-hybridized carbons (Fsp3) is 0.172. The van der Waals surface area contributed by atoms with E-state index in [2.05, 4.69) is 19.9 Å². The second-order valence-electron chi connectivity index (χ2n) is 9.47. The van der Waals surface area contributed by atoms with Gasteiger partial charge in [-0.3, -0.25) is 9.59 Å². The molecule has 2 aromatic heterocycles. The molecular weight excluding hydrogens is 552 g/mol. The van der Waals surface area contributed by atoms with Crippen molar-refractivity contribution < 1.29 is 18.4 Å². The molecule has 1 saturated heterocycles. The number of alkyl halides is 2. The second-order valence-corrected chi connectivity index (χ2v) is 9.83. The van der Waals surface area contributed by atoms with Gasteiger partial charge in [0.1, 0.15) is 34.9 Å². The molecule has 0 radical (unpaired) electrons. The standard InChI is InChI=1S/C17H12F2N4O.C12H4ClN3O/c18-17(19)5-7-23(8-6-17)16-12(9-20)21-14-13(22-16)10-3-1-2-4-11(10)15(14)24;13-12-8(5-14)15-10-9(16-12)6-3-1-2-4-7(6)11(10)17/h1-4H,5-8H2;1-4H. The van der Waals surface area contributed by atoms with E-state index in [1.165, 1.54) is 0 Å². The molecule has 0 amide bonds. The lowest BCUT2D eigenvalue weighted by Gasteiger charge is -2.32. The number of carbonyl (C=O) groups excluding carboxylic acids is 2. The number of carbonyl (C=O) groups is 2. The van der Waals surface area contributed by atoms with Gasteiger partial charge < -0.3 is 4.90 Å². The van der Waals surface area contributed by atoms with Gasteiger partial charge in [-0.2, -0.15) is 10.5 Å². The maximum absolute atomic E-state index is 13.4.